The van der Waals surface area contributed by atoms with Gasteiger partial charge in [0.15, 0.2) is 0 Å². The predicted molar refractivity (Wildman–Crippen MR) is 75.6 cm³/mol. The summed E-state index contributed by atoms with van der Waals surface area (Å²) in [6.45, 7) is -0.248. The van der Waals surface area contributed by atoms with Gasteiger partial charge in [0.25, 0.3) is 0 Å². The molecule has 0 aliphatic carbocycles. The molecule has 1 aromatic carbocycles. The predicted octanol–water partition coefficient (Wildman–Crippen LogP) is 2.65. The number of hydrogen-bond acceptors (Lipinski definition) is 4. The number of rotatable bonds is 5. The second-order valence-electron chi connectivity index (χ2n) is 4.61. The molecule has 5 nitrogen and oxygen atoms in total. The molecule has 23 heavy (non-hydrogen) atoms. The smallest absolute Gasteiger partial charge is 0.406 e. The van der Waals surface area contributed by atoms with Crippen molar-refractivity contribution in [3.63, 3.8) is 0 Å². The molecule has 1 aromatic heterocycles. The Bertz CT molecular complexity index is 672. The molecule has 0 unspecified atom stereocenters. The summed E-state index contributed by atoms with van der Waals surface area (Å²) in [6, 6.07) is 6.59. The zero-order valence-corrected chi connectivity index (χ0v) is 11.8. The van der Waals surface area contributed by atoms with Crippen molar-refractivity contribution in [2.75, 3.05) is 5.32 Å². The van der Waals surface area contributed by atoms with Gasteiger partial charge in [-0.2, -0.15) is 0 Å². The molecule has 0 aliphatic rings. The quantitative estimate of drug-likeness (QED) is 0.886. The molecule has 2 N–H and O–H groups in total. The van der Waals surface area contributed by atoms with Crippen LogP contribution >= 0.6 is 0 Å². The van der Waals surface area contributed by atoms with Gasteiger partial charge in [-0.3, -0.25) is 9.78 Å². The van der Waals surface area contributed by atoms with E-state index in [0.29, 0.717) is 16.8 Å². The zero-order chi connectivity index (χ0) is 16.9. The van der Waals surface area contributed by atoms with Gasteiger partial charge in [0.05, 0.1) is 24.9 Å². The maximum Gasteiger partial charge on any atom is 0.573 e. The molecule has 122 valence electrons. The molecule has 2 aromatic rings. The molecule has 0 bridgehead atoms. The fourth-order valence-electron chi connectivity index (χ4n) is 1.86. The highest BCUT2D eigenvalue weighted by Crippen LogP contribution is 2.23. The molecule has 0 aliphatic heterocycles. The van der Waals surface area contributed by atoms with E-state index in [0.717, 1.165) is 12.1 Å². The Balaban J connectivity index is 1.98. The highest BCUT2D eigenvalue weighted by molar-refractivity contribution is 5.92. The van der Waals surface area contributed by atoms with Crippen LogP contribution in [0.3, 0.4) is 0 Å². The summed E-state index contributed by atoms with van der Waals surface area (Å²) >= 11 is 0. The topological polar surface area (TPSA) is 71.5 Å². The number of pyridine rings is 1. The zero-order valence-electron chi connectivity index (χ0n) is 11.8. The Kier molecular flexibility index (Phi) is 5.17. The number of benzene rings is 1. The second-order valence-corrected chi connectivity index (χ2v) is 4.61. The SMILES string of the molecule is O=C(Cc1ccc(OC(F)(F)F)cc1)Nc1cnccc1CO. The summed E-state index contributed by atoms with van der Waals surface area (Å²) in [5, 5.41) is 11.7. The molecule has 0 atom stereocenters. The lowest BCUT2D eigenvalue weighted by Crippen LogP contribution is -2.17. The molecule has 8 heteroatoms. The average Bonchev–Trinajstić information content (AvgIpc) is 2.48. The van der Waals surface area contributed by atoms with Crippen LogP contribution in [0.15, 0.2) is 42.7 Å². The van der Waals surface area contributed by atoms with Gasteiger partial charge in [-0.25, -0.2) is 0 Å². The van der Waals surface area contributed by atoms with E-state index in [9.17, 15) is 18.0 Å². The summed E-state index contributed by atoms with van der Waals surface area (Å²) in [5.41, 5.74) is 1.42. The monoisotopic (exact) mass is 326 g/mol. The van der Waals surface area contributed by atoms with Gasteiger partial charge >= 0.3 is 6.36 Å². The number of alkyl halides is 3. The Hall–Kier alpha value is -2.61. The number of nitrogens with one attached hydrogen (secondary N) is 1. The van der Waals surface area contributed by atoms with Crippen molar-refractivity contribution >= 4 is 11.6 Å². The Morgan fingerprint density at radius 2 is 1.91 bits per heavy atom. The van der Waals surface area contributed by atoms with Crippen LogP contribution < -0.4 is 10.1 Å². The summed E-state index contributed by atoms with van der Waals surface area (Å²) in [6.07, 6.45) is -1.89. The average molecular weight is 326 g/mol. The van der Waals surface area contributed by atoms with Gasteiger partial charge in [-0.15, -0.1) is 13.2 Å². The summed E-state index contributed by atoms with van der Waals surface area (Å²) in [7, 11) is 0. The van der Waals surface area contributed by atoms with Crippen molar-refractivity contribution in [2.45, 2.75) is 19.4 Å². The molecule has 1 heterocycles. The minimum atomic E-state index is -4.75. The van der Waals surface area contributed by atoms with E-state index < -0.39 is 6.36 Å². The summed E-state index contributed by atoms with van der Waals surface area (Å²) in [5.74, 6) is -0.728. The van der Waals surface area contributed by atoms with Crippen LogP contribution in [0.1, 0.15) is 11.1 Å². The third-order valence-electron chi connectivity index (χ3n) is 2.88. The number of carbonyl (C=O) groups excluding carboxylic acids is 1. The number of amides is 1. The van der Waals surface area contributed by atoms with Crippen molar-refractivity contribution in [3.8, 4) is 5.75 Å². The van der Waals surface area contributed by atoms with Crippen molar-refractivity contribution < 1.29 is 27.8 Å². The number of carbonyl (C=O) groups is 1. The molecular weight excluding hydrogens is 313 g/mol. The van der Waals surface area contributed by atoms with E-state index >= 15 is 0 Å². The first-order chi connectivity index (χ1) is 10.9. The number of anilines is 1. The van der Waals surface area contributed by atoms with Crippen LogP contribution in [-0.4, -0.2) is 22.4 Å². The third kappa shape index (κ3) is 5.26. The lowest BCUT2D eigenvalue weighted by Gasteiger charge is -2.10. The number of aliphatic hydroxyl groups is 1. The Labute approximate surface area is 129 Å². The van der Waals surface area contributed by atoms with E-state index in [2.05, 4.69) is 15.0 Å². The molecule has 0 saturated heterocycles. The van der Waals surface area contributed by atoms with E-state index in [1.165, 1.54) is 24.5 Å². The minimum absolute atomic E-state index is 0.0357. The maximum atomic E-state index is 12.1. The second kappa shape index (κ2) is 7.10. The van der Waals surface area contributed by atoms with Gasteiger partial charge in [-0.05, 0) is 23.8 Å². The van der Waals surface area contributed by atoms with Crippen LogP contribution in [0.25, 0.3) is 0 Å². The minimum Gasteiger partial charge on any atom is -0.406 e. The molecule has 0 spiro atoms. The number of hydrogen-bond donors (Lipinski definition) is 2. The van der Waals surface area contributed by atoms with Crippen molar-refractivity contribution in [3.05, 3.63) is 53.9 Å². The summed E-state index contributed by atoms with van der Waals surface area (Å²) in [4.78, 5) is 15.8. The normalized spacial score (nSPS) is 11.1. The maximum absolute atomic E-state index is 12.1. The molecule has 1 amide bonds. The van der Waals surface area contributed by atoms with Crippen LogP contribution in [0.5, 0.6) is 5.75 Å². The van der Waals surface area contributed by atoms with Crippen LogP contribution in [0.4, 0.5) is 18.9 Å². The van der Waals surface area contributed by atoms with Crippen molar-refractivity contribution in [2.24, 2.45) is 0 Å². The largest absolute Gasteiger partial charge is 0.573 e. The Morgan fingerprint density at radius 3 is 2.52 bits per heavy atom. The van der Waals surface area contributed by atoms with E-state index in [4.69, 9.17) is 5.11 Å². The van der Waals surface area contributed by atoms with Gasteiger partial charge in [-0.1, -0.05) is 12.1 Å². The highest BCUT2D eigenvalue weighted by Gasteiger charge is 2.30. The number of aliphatic hydroxyl groups excluding tert-OH is 1. The van der Waals surface area contributed by atoms with E-state index in [1.807, 2.05) is 0 Å². The highest BCUT2D eigenvalue weighted by atomic mass is 19.4. The van der Waals surface area contributed by atoms with Gasteiger partial charge < -0.3 is 15.2 Å². The van der Waals surface area contributed by atoms with Crippen molar-refractivity contribution in [1.82, 2.24) is 4.98 Å². The summed E-state index contributed by atoms with van der Waals surface area (Å²) < 4.78 is 39.9. The number of aromatic nitrogens is 1. The van der Waals surface area contributed by atoms with Crippen LogP contribution in [0, 0.1) is 0 Å². The van der Waals surface area contributed by atoms with Crippen LogP contribution in [0.2, 0.25) is 0 Å². The van der Waals surface area contributed by atoms with Gasteiger partial charge in [0.2, 0.25) is 5.91 Å². The van der Waals surface area contributed by atoms with Gasteiger partial charge in [0.1, 0.15) is 5.75 Å². The molecule has 0 saturated carbocycles. The standard InChI is InChI=1S/C15H13F3N2O3/c16-15(17,18)23-12-3-1-10(2-4-12)7-14(22)20-13-8-19-6-5-11(13)9-21/h1-6,8,21H,7,9H2,(H,20,22). The molecule has 0 fully saturated rings. The number of ether oxygens (including phenoxy) is 1. The van der Waals surface area contributed by atoms with E-state index in [1.54, 1.807) is 6.07 Å². The van der Waals surface area contributed by atoms with E-state index in [-0.39, 0.29) is 24.7 Å². The molecule has 2 rings (SSSR count). The lowest BCUT2D eigenvalue weighted by molar-refractivity contribution is -0.274. The van der Waals surface area contributed by atoms with Gasteiger partial charge in [0, 0.05) is 11.8 Å². The number of nitrogens with zero attached hydrogens (tertiary/aromatic N) is 1. The Morgan fingerprint density at radius 1 is 1.22 bits per heavy atom. The first kappa shape index (κ1) is 16.8. The number of halogens is 3. The first-order valence-corrected chi connectivity index (χ1v) is 6.55. The molecule has 0 radical (unpaired) electrons. The third-order valence-corrected chi connectivity index (χ3v) is 2.88. The fourth-order valence-corrected chi connectivity index (χ4v) is 1.86. The lowest BCUT2D eigenvalue weighted by atomic mass is 10.1. The van der Waals surface area contributed by atoms with Crippen LogP contribution in [-0.2, 0) is 17.8 Å². The molecular formula is C15H13F3N2O3. The van der Waals surface area contributed by atoms with Crippen molar-refractivity contribution in [1.29, 1.82) is 0 Å². The first-order valence-electron chi connectivity index (χ1n) is 6.55. The fraction of sp³-hybridized carbons (Fsp3) is 0.200.